The lowest BCUT2D eigenvalue weighted by Gasteiger charge is -2.14. The topological polar surface area (TPSA) is 69.7 Å². The predicted molar refractivity (Wildman–Crippen MR) is 102 cm³/mol. The van der Waals surface area contributed by atoms with Gasteiger partial charge in [0.2, 0.25) is 0 Å². The maximum Gasteiger partial charge on any atom is 0.338 e. The highest BCUT2D eigenvalue weighted by molar-refractivity contribution is 7.92. The molecule has 3 fully saturated rings. The molecular weight excluding hydrogens is 364 g/mol. The molecule has 1 aliphatic heterocycles. The summed E-state index contributed by atoms with van der Waals surface area (Å²) in [5, 5.41) is -0.225. The lowest BCUT2D eigenvalue weighted by Crippen LogP contribution is -2.12. The molecule has 0 amide bonds. The number of ether oxygens (including phenoxy) is 2. The van der Waals surface area contributed by atoms with Crippen molar-refractivity contribution in [3.8, 4) is 0 Å². The van der Waals surface area contributed by atoms with Crippen LogP contribution in [0.15, 0.2) is 29.2 Å². The minimum absolute atomic E-state index is 0.184. The molecule has 1 unspecified atom stereocenters. The Hall–Kier alpha value is -1.66. The Bertz CT molecular complexity index is 857. The zero-order valence-electron chi connectivity index (χ0n) is 15.6. The molecule has 27 heavy (non-hydrogen) atoms. The highest BCUT2D eigenvalue weighted by Gasteiger charge is 2.40. The Morgan fingerprint density at radius 3 is 2.59 bits per heavy atom. The first kappa shape index (κ1) is 18.7. The Morgan fingerprint density at radius 1 is 1.22 bits per heavy atom. The molecule has 0 N–H and O–H groups in total. The first-order valence-corrected chi connectivity index (χ1v) is 11.4. The fourth-order valence-electron chi connectivity index (χ4n) is 3.66. The monoisotopic (exact) mass is 390 g/mol. The average molecular weight is 391 g/mol. The van der Waals surface area contributed by atoms with Gasteiger partial charge < -0.3 is 9.47 Å². The van der Waals surface area contributed by atoms with Crippen molar-refractivity contribution in [2.75, 3.05) is 19.8 Å². The largest absolute Gasteiger partial charge is 0.462 e. The fourth-order valence-corrected chi connectivity index (χ4v) is 5.58. The lowest BCUT2D eigenvalue weighted by atomic mass is 9.96. The summed E-state index contributed by atoms with van der Waals surface area (Å²) >= 11 is 0. The van der Waals surface area contributed by atoms with Crippen molar-refractivity contribution in [1.82, 2.24) is 0 Å². The van der Waals surface area contributed by atoms with E-state index in [4.69, 9.17) is 9.47 Å². The zero-order chi connectivity index (χ0) is 19.0. The van der Waals surface area contributed by atoms with Gasteiger partial charge in [0.25, 0.3) is 0 Å². The second-order valence-electron chi connectivity index (χ2n) is 7.70. The Balaban J connectivity index is 1.74. The molecular formula is C21H26O5S. The Labute approximate surface area is 160 Å². The zero-order valence-corrected chi connectivity index (χ0v) is 16.5. The summed E-state index contributed by atoms with van der Waals surface area (Å²) in [5.41, 5.74) is 2.14. The molecule has 0 radical (unpaired) electrons. The second kappa shape index (κ2) is 7.40. The third kappa shape index (κ3) is 3.97. The van der Waals surface area contributed by atoms with E-state index < -0.39 is 9.84 Å². The summed E-state index contributed by atoms with van der Waals surface area (Å²) < 4.78 is 36.3. The molecule has 146 valence electrons. The van der Waals surface area contributed by atoms with Crippen molar-refractivity contribution < 1.29 is 22.7 Å². The van der Waals surface area contributed by atoms with Gasteiger partial charge in [-0.2, -0.15) is 0 Å². The Morgan fingerprint density at radius 2 is 2.00 bits per heavy atom. The van der Waals surface area contributed by atoms with Gasteiger partial charge in [-0.1, -0.05) is 12.1 Å². The van der Waals surface area contributed by atoms with Crippen LogP contribution < -0.4 is 0 Å². The molecule has 5 nitrogen and oxygen atoms in total. The van der Waals surface area contributed by atoms with Crippen molar-refractivity contribution in [3.63, 3.8) is 0 Å². The SMILES string of the molecule is CCOC(=O)/C(=C/C1CCOC1)c1ccc(S(=O)(=O)C2CC2)c(C2CC2)c1. The van der Waals surface area contributed by atoms with Gasteiger partial charge in [-0.25, -0.2) is 13.2 Å². The molecule has 0 bridgehead atoms. The summed E-state index contributed by atoms with van der Waals surface area (Å²) in [6.45, 7) is 3.39. The van der Waals surface area contributed by atoms with E-state index in [0.717, 1.165) is 43.2 Å². The van der Waals surface area contributed by atoms with E-state index in [9.17, 15) is 13.2 Å². The van der Waals surface area contributed by atoms with Gasteiger partial charge in [-0.15, -0.1) is 0 Å². The van der Waals surface area contributed by atoms with E-state index in [1.54, 1.807) is 19.1 Å². The molecule has 0 spiro atoms. The van der Waals surface area contributed by atoms with Gasteiger partial charge in [-0.05, 0) is 68.2 Å². The minimum atomic E-state index is -3.25. The maximum atomic E-state index is 12.8. The normalized spacial score (nSPS) is 23.4. The molecule has 1 saturated heterocycles. The molecule has 4 rings (SSSR count). The van der Waals surface area contributed by atoms with E-state index in [0.29, 0.717) is 30.3 Å². The summed E-state index contributed by atoms with van der Waals surface area (Å²) in [6, 6.07) is 5.38. The van der Waals surface area contributed by atoms with Gasteiger partial charge in [0.05, 0.1) is 28.9 Å². The fraction of sp³-hybridized carbons (Fsp3) is 0.571. The van der Waals surface area contributed by atoms with Crippen LogP contribution in [-0.4, -0.2) is 39.5 Å². The number of esters is 1. The molecule has 2 saturated carbocycles. The van der Waals surface area contributed by atoms with Crippen LogP contribution in [0.1, 0.15) is 56.1 Å². The van der Waals surface area contributed by atoms with Crippen LogP contribution in [0.3, 0.4) is 0 Å². The summed E-state index contributed by atoms with van der Waals surface area (Å²) in [4.78, 5) is 13.0. The molecule has 1 aromatic carbocycles. The molecule has 3 aliphatic rings. The van der Waals surface area contributed by atoms with Crippen LogP contribution >= 0.6 is 0 Å². The third-order valence-electron chi connectivity index (χ3n) is 5.47. The number of benzene rings is 1. The van der Waals surface area contributed by atoms with E-state index in [1.807, 2.05) is 12.1 Å². The molecule has 1 atom stereocenters. The van der Waals surface area contributed by atoms with Gasteiger partial charge in [0, 0.05) is 12.5 Å². The average Bonchev–Trinajstić information content (AvgIpc) is 3.57. The van der Waals surface area contributed by atoms with Crippen LogP contribution in [-0.2, 0) is 24.1 Å². The van der Waals surface area contributed by atoms with E-state index >= 15 is 0 Å². The van der Waals surface area contributed by atoms with E-state index in [-0.39, 0.29) is 23.1 Å². The van der Waals surface area contributed by atoms with Crippen molar-refractivity contribution in [2.24, 2.45) is 5.92 Å². The molecule has 6 heteroatoms. The van der Waals surface area contributed by atoms with Crippen LogP contribution in [0.2, 0.25) is 0 Å². The van der Waals surface area contributed by atoms with Crippen molar-refractivity contribution in [2.45, 2.75) is 55.1 Å². The second-order valence-corrected chi connectivity index (χ2v) is 9.89. The highest BCUT2D eigenvalue weighted by atomic mass is 32.2. The quantitative estimate of drug-likeness (QED) is 0.527. The number of carbonyl (C=O) groups excluding carboxylic acids is 1. The van der Waals surface area contributed by atoms with Crippen LogP contribution in [0.25, 0.3) is 5.57 Å². The molecule has 1 heterocycles. The van der Waals surface area contributed by atoms with Crippen molar-refractivity contribution in [3.05, 3.63) is 35.4 Å². The number of rotatable bonds is 7. The van der Waals surface area contributed by atoms with Gasteiger partial charge in [-0.3, -0.25) is 0 Å². The molecule has 1 aromatic rings. The van der Waals surface area contributed by atoms with Crippen molar-refractivity contribution >= 4 is 21.4 Å². The molecule has 0 aromatic heterocycles. The summed E-state index contributed by atoms with van der Waals surface area (Å²) in [5.74, 6) is 0.110. The van der Waals surface area contributed by atoms with E-state index in [2.05, 4.69) is 0 Å². The standard InChI is InChI=1S/C21H26O5S/c1-2-26-21(22)19(11-14-9-10-25-13-14)16-5-8-20(18(12-16)15-3-4-15)27(23,24)17-6-7-17/h5,8,11-12,14-15,17H,2-4,6-7,9-10,13H2,1H3/b19-11+. The number of hydrogen-bond donors (Lipinski definition) is 0. The van der Waals surface area contributed by atoms with Crippen LogP contribution in [0, 0.1) is 5.92 Å². The molecule has 2 aliphatic carbocycles. The minimum Gasteiger partial charge on any atom is -0.462 e. The van der Waals surface area contributed by atoms with Crippen molar-refractivity contribution in [1.29, 1.82) is 0 Å². The van der Waals surface area contributed by atoms with Crippen LogP contribution in [0.4, 0.5) is 0 Å². The van der Waals surface area contributed by atoms with Gasteiger partial charge in [0.15, 0.2) is 9.84 Å². The van der Waals surface area contributed by atoms with Gasteiger partial charge in [0.1, 0.15) is 0 Å². The number of sulfone groups is 1. The first-order valence-electron chi connectivity index (χ1n) is 9.85. The third-order valence-corrected chi connectivity index (χ3v) is 7.80. The smallest absolute Gasteiger partial charge is 0.338 e. The number of carbonyl (C=O) groups is 1. The number of hydrogen-bond acceptors (Lipinski definition) is 5. The van der Waals surface area contributed by atoms with Crippen LogP contribution in [0.5, 0.6) is 0 Å². The van der Waals surface area contributed by atoms with E-state index in [1.165, 1.54) is 0 Å². The maximum absolute atomic E-state index is 12.8. The summed E-state index contributed by atoms with van der Waals surface area (Å²) in [7, 11) is -3.25. The van der Waals surface area contributed by atoms with Gasteiger partial charge >= 0.3 is 5.97 Å². The predicted octanol–water partition coefficient (Wildman–Crippen LogP) is 3.48. The summed E-state index contributed by atoms with van der Waals surface area (Å²) in [6.07, 6.45) is 6.34. The first-order chi connectivity index (χ1) is 13.0. The highest BCUT2D eigenvalue weighted by Crippen LogP contribution is 2.46. The Kier molecular flexibility index (Phi) is 5.12. The lowest BCUT2D eigenvalue weighted by molar-refractivity contribution is -0.136.